The average Bonchev–Trinajstić information content (AvgIpc) is 3.64. The van der Waals surface area contributed by atoms with Crippen LogP contribution >= 0.6 is 23.2 Å². The first-order chi connectivity index (χ1) is 20.3. The maximum absolute atomic E-state index is 16.2. The molecule has 42 heavy (non-hydrogen) atoms. The molecule has 1 N–H and O–H groups in total. The van der Waals surface area contributed by atoms with Crippen LogP contribution in [0.5, 0.6) is 0 Å². The summed E-state index contributed by atoms with van der Waals surface area (Å²) < 4.78 is 23.1. The van der Waals surface area contributed by atoms with Crippen LogP contribution < -0.4 is 5.32 Å². The van der Waals surface area contributed by atoms with Crippen molar-refractivity contribution >= 4 is 51.7 Å². The van der Waals surface area contributed by atoms with Gasteiger partial charge in [0, 0.05) is 52.3 Å². The van der Waals surface area contributed by atoms with Gasteiger partial charge >= 0.3 is 5.97 Å². The summed E-state index contributed by atoms with van der Waals surface area (Å²) in [6, 6.07) is 15.4. The van der Waals surface area contributed by atoms with Gasteiger partial charge in [0.2, 0.25) is 5.91 Å². The highest BCUT2D eigenvalue weighted by molar-refractivity contribution is 6.31. The van der Waals surface area contributed by atoms with Gasteiger partial charge in [0.25, 0.3) is 0 Å². The van der Waals surface area contributed by atoms with Crippen LogP contribution in [0, 0.1) is 11.7 Å². The molecule has 1 spiro atoms. The molecular formula is C32H27Cl2FN4O3. The zero-order valence-corrected chi connectivity index (χ0v) is 24.3. The number of esters is 1. The first-order valence-electron chi connectivity index (χ1n) is 14.2. The van der Waals surface area contributed by atoms with E-state index in [1.54, 1.807) is 36.4 Å². The second-order valence-electron chi connectivity index (χ2n) is 11.9. The van der Waals surface area contributed by atoms with Gasteiger partial charge in [-0.05, 0) is 54.7 Å². The van der Waals surface area contributed by atoms with Crippen molar-refractivity contribution in [3.8, 4) is 0 Å². The summed E-state index contributed by atoms with van der Waals surface area (Å²) in [5.41, 5.74) is 2.70. The van der Waals surface area contributed by atoms with Crippen molar-refractivity contribution in [3.63, 3.8) is 0 Å². The zero-order chi connectivity index (χ0) is 28.9. The number of hydrogen-bond donors (Lipinski definition) is 1. The maximum Gasteiger partial charge on any atom is 0.337 e. The SMILES string of the molecule is COC(=O)c1ccc2c3n(nc2c1)C1[C@H](C3)N(CC2CCC2)[C@@]2(C(=O)Nc3cc(Cl)ccc32)[C@H]1c1cccc(Cl)c1F. The van der Waals surface area contributed by atoms with E-state index < -0.39 is 23.2 Å². The lowest BCUT2D eigenvalue weighted by molar-refractivity contribution is -0.128. The minimum Gasteiger partial charge on any atom is -0.465 e. The smallest absolute Gasteiger partial charge is 0.337 e. The molecule has 7 nitrogen and oxygen atoms in total. The van der Waals surface area contributed by atoms with E-state index in [0.717, 1.165) is 29.5 Å². The highest BCUT2D eigenvalue weighted by atomic mass is 35.5. The van der Waals surface area contributed by atoms with Crippen LogP contribution in [0.2, 0.25) is 10.0 Å². The first-order valence-corrected chi connectivity index (χ1v) is 15.0. The number of fused-ring (bicyclic) bond motifs is 7. The number of ether oxygens (including phenoxy) is 1. The van der Waals surface area contributed by atoms with Gasteiger partial charge in [0.1, 0.15) is 11.4 Å². The van der Waals surface area contributed by atoms with E-state index in [0.29, 0.717) is 46.2 Å². The Hall–Kier alpha value is -3.46. The molecule has 4 aromatic rings. The highest BCUT2D eigenvalue weighted by Gasteiger charge is 2.69. The average molecular weight is 605 g/mol. The van der Waals surface area contributed by atoms with E-state index in [2.05, 4.69) is 10.2 Å². The number of anilines is 1. The van der Waals surface area contributed by atoms with Crippen molar-refractivity contribution in [2.45, 2.75) is 49.2 Å². The number of carbonyl (C=O) groups excluding carboxylic acids is 2. The van der Waals surface area contributed by atoms with E-state index in [1.165, 1.54) is 19.6 Å². The van der Waals surface area contributed by atoms with Crippen molar-refractivity contribution in [1.29, 1.82) is 0 Å². The number of hydrogen-bond acceptors (Lipinski definition) is 5. The molecule has 10 heteroatoms. The fourth-order valence-corrected chi connectivity index (χ4v) is 8.32. The number of rotatable bonds is 4. The van der Waals surface area contributed by atoms with Crippen molar-refractivity contribution < 1.29 is 18.7 Å². The summed E-state index contributed by atoms with van der Waals surface area (Å²) in [6.45, 7) is 0.713. The first kappa shape index (κ1) is 26.2. The van der Waals surface area contributed by atoms with Gasteiger partial charge in [-0.25, -0.2) is 9.18 Å². The van der Waals surface area contributed by atoms with Crippen molar-refractivity contribution in [2.75, 3.05) is 19.0 Å². The van der Waals surface area contributed by atoms with E-state index in [4.69, 9.17) is 33.0 Å². The van der Waals surface area contributed by atoms with E-state index in [1.807, 2.05) is 16.8 Å². The van der Waals surface area contributed by atoms with Gasteiger partial charge in [0.05, 0.1) is 29.3 Å². The molecule has 4 atom stereocenters. The quantitative estimate of drug-likeness (QED) is 0.270. The number of methoxy groups -OCH3 is 1. The third-order valence-corrected chi connectivity index (χ3v) is 10.5. The number of likely N-dealkylation sites (tertiary alicyclic amines) is 1. The van der Waals surface area contributed by atoms with Gasteiger partial charge in [-0.1, -0.05) is 53.9 Å². The van der Waals surface area contributed by atoms with Gasteiger partial charge in [-0.2, -0.15) is 5.10 Å². The van der Waals surface area contributed by atoms with Crippen LogP contribution in [-0.2, 0) is 21.5 Å². The van der Waals surface area contributed by atoms with E-state index in [-0.39, 0.29) is 23.0 Å². The molecule has 0 radical (unpaired) electrons. The van der Waals surface area contributed by atoms with Gasteiger partial charge in [-0.3, -0.25) is 14.4 Å². The molecule has 8 rings (SSSR count). The molecule has 214 valence electrons. The second kappa shape index (κ2) is 9.27. The zero-order valence-electron chi connectivity index (χ0n) is 22.7. The molecule has 1 saturated heterocycles. The maximum atomic E-state index is 16.2. The topological polar surface area (TPSA) is 76.5 Å². The van der Waals surface area contributed by atoms with Crippen molar-refractivity contribution in [1.82, 2.24) is 14.7 Å². The number of benzene rings is 3. The molecular weight excluding hydrogens is 578 g/mol. The molecule has 0 bridgehead atoms. The lowest BCUT2D eigenvalue weighted by atomic mass is 9.73. The number of amides is 1. The van der Waals surface area contributed by atoms with Gasteiger partial charge in [0.15, 0.2) is 0 Å². The lowest BCUT2D eigenvalue weighted by Gasteiger charge is -2.43. The second-order valence-corrected chi connectivity index (χ2v) is 12.7. The molecule has 4 heterocycles. The lowest BCUT2D eigenvalue weighted by Crippen LogP contribution is -2.54. The number of carbonyl (C=O) groups is 2. The number of nitrogens with zero attached hydrogens (tertiary/aromatic N) is 3. The van der Waals surface area contributed by atoms with Crippen molar-refractivity contribution in [2.24, 2.45) is 5.92 Å². The Morgan fingerprint density at radius 2 is 2.00 bits per heavy atom. The monoisotopic (exact) mass is 604 g/mol. The Bertz CT molecular complexity index is 1820. The molecule has 2 fully saturated rings. The number of aromatic nitrogens is 2. The van der Waals surface area contributed by atoms with Crippen LogP contribution in [0.4, 0.5) is 10.1 Å². The molecule has 1 aliphatic carbocycles. The number of halogens is 3. The minimum atomic E-state index is -1.19. The molecule has 4 aliphatic rings. The Balaban J connectivity index is 1.39. The molecule has 3 aliphatic heterocycles. The highest BCUT2D eigenvalue weighted by Crippen LogP contribution is 2.64. The van der Waals surface area contributed by atoms with Crippen LogP contribution in [0.3, 0.4) is 0 Å². The summed E-state index contributed by atoms with van der Waals surface area (Å²) in [7, 11) is 1.35. The Labute approximate surface area is 251 Å². The predicted octanol–water partition coefficient (Wildman–Crippen LogP) is 6.48. The molecule has 1 unspecified atom stereocenters. The third kappa shape index (κ3) is 3.40. The van der Waals surface area contributed by atoms with Crippen LogP contribution in [0.25, 0.3) is 10.9 Å². The van der Waals surface area contributed by atoms with Crippen LogP contribution in [-0.4, -0.2) is 46.3 Å². The number of nitrogens with one attached hydrogen (secondary N) is 1. The van der Waals surface area contributed by atoms with Gasteiger partial charge < -0.3 is 10.1 Å². The van der Waals surface area contributed by atoms with Gasteiger partial charge in [-0.15, -0.1) is 0 Å². The summed E-state index contributed by atoms with van der Waals surface area (Å²) in [5, 5.41) is 9.58. The van der Waals surface area contributed by atoms with Crippen LogP contribution in [0.1, 0.15) is 58.4 Å². The largest absolute Gasteiger partial charge is 0.465 e. The summed E-state index contributed by atoms with van der Waals surface area (Å²) >= 11 is 12.8. The Kier molecular flexibility index (Phi) is 5.78. The Morgan fingerprint density at radius 1 is 1.17 bits per heavy atom. The summed E-state index contributed by atoms with van der Waals surface area (Å²) in [4.78, 5) is 29.1. The fourth-order valence-electron chi connectivity index (χ4n) is 7.97. The standard InChI is InChI=1S/C32H27Cl2FN4O3/c1-42-30(40)17-8-10-19-23(12-17)37-39-25(19)14-26-29(39)27(20-6-3-7-22(34)28(20)35)32(38(26)15-16-4-2-5-16)21-11-9-18(33)13-24(21)36-31(32)41/h3,6-13,16,26-27,29H,2,4-5,14-15H2,1H3,(H,36,41)/t26-,27-,29?,32+/m0/s1. The van der Waals surface area contributed by atoms with Crippen molar-refractivity contribution in [3.05, 3.63) is 92.8 Å². The molecule has 1 aromatic heterocycles. The Morgan fingerprint density at radius 3 is 2.76 bits per heavy atom. The molecule has 3 aromatic carbocycles. The molecule has 1 saturated carbocycles. The summed E-state index contributed by atoms with van der Waals surface area (Å²) in [5.74, 6) is -1.35. The third-order valence-electron chi connectivity index (χ3n) is 9.93. The van der Waals surface area contributed by atoms with E-state index >= 15 is 4.39 Å². The predicted molar refractivity (Wildman–Crippen MR) is 158 cm³/mol. The van der Waals surface area contributed by atoms with E-state index in [9.17, 15) is 9.59 Å². The minimum absolute atomic E-state index is 0.0120. The molecule has 1 amide bonds. The fraction of sp³-hybridized carbons (Fsp3) is 0.344. The summed E-state index contributed by atoms with van der Waals surface area (Å²) in [6.07, 6.45) is 3.99. The normalized spacial score (nSPS) is 26.3. The van der Waals surface area contributed by atoms with Crippen LogP contribution in [0.15, 0.2) is 54.6 Å².